The smallest absolute Gasteiger partial charge is 0.358 e. The highest BCUT2D eigenvalue weighted by atomic mass is 19.1. The molecule has 0 atom stereocenters. The summed E-state index contributed by atoms with van der Waals surface area (Å²) in [5.74, 6) is -4.18. The second-order valence-corrected chi connectivity index (χ2v) is 3.80. The largest absolute Gasteiger partial charge is 0.464 e. The number of benzene rings is 1. The molecule has 0 amide bonds. The van der Waals surface area contributed by atoms with Crippen molar-refractivity contribution in [2.24, 2.45) is 0 Å². The zero-order valence-electron chi connectivity index (χ0n) is 10.1. The van der Waals surface area contributed by atoms with Crippen LogP contribution in [0.5, 0.6) is 0 Å². The monoisotopic (exact) mass is 270 g/mol. The molecule has 19 heavy (non-hydrogen) atoms. The van der Waals surface area contributed by atoms with Gasteiger partial charge in [0.05, 0.1) is 12.7 Å². The van der Waals surface area contributed by atoms with Gasteiger partial charge in [-0.2, -0.15) is 0 Å². The maximum atomic E-state index is 13.6. The molecule has 0 aliphatic rings. The number of nitrogens with zero attached hydrogens (tertiary/aromatic N) is 1. The van der Waals surface area contributed by atoms with Gasteiger partial charge in [-0.1, -0.05) is 0 Å². The molecule has 1 N–H and O–H groups in total. The molecular weight excluding hydrogens is 261 g/mol. The normalized spacial score (nSPS) is 10.6. The average molecular weight is 270 g/mol. The maximum Gasteiger partial charge on any atom is 0.358 e. The van der Waals surface area contributed by atoms with Gasteiger partial charge in [-0.05, 0) is 6.92 Å². The van der Waals surface area contributed by atoms with E-state index in [9.17, 15) is 18.0 Å². The standard InChI is InChI=1S/C12H9F3N2O2/c1-5-10(12(18)19-2)17-11(16-5)9-7(14)3-6(13)4-8(9)15/h3-4H,1-2H3,(H,16,17). The molecule has 0 fully saturated rings. The molecule has 0 bridgehead atoms. The molecule has 0 unspecified atom stereocenters. The molecular formula is C12H9F3N2O2. The molecule has 2 aromatic rings. The van der Waals surface area contributed by atoms with E-state index in [2.05, 4.69) is 14.7 Å². The van der Waals surface area contributed by atoms with Crippen molar-refractivity contribution in [3.63, 3.8) is 0 Å². The van der Waals surface area contributed by atoms with Crippen molar-refractivity contribution < 1.29 is 22.7 Å². The Balaban J connectivity index is 2.58. The number of H-pyrrole nitrogens is 1. The fraction of sp³-hybridized carbons (Fsp3) is 0.167. The number of hydrogen-bond donors (Lipinski definition) is 1. The summed E-state index contributed by atoms with van der Waals surface area (Å²) in [6, 6.07) is 1.07. The molecule has 0 radical (unpaired) electrons. The third-order valence-electron chi connectivity index (χ3n) is 2.51. The van der Waals surface area contributed by atoms with Crippen LogP contribution in [0.15, 0.2) is 12.1 Å². The number of aromatic amines is 1. The molecule has 100 valence electrons. The van der Waals surface area contributed by atoms with Crippen LogP contribution in [0.25, 0.3) is 11.4 Å². The lowest BCUT2D eigenvalue weighted by atomic mass is 10.2. The summed E-state index contributed by atoms with van der Waals surface area (Å²) in [4.78, 5) is 17.7. The number of imidazole rings is 1. The number of aryl methyl sites for hydroxylation is 1. The summed E-state index contributed by atoms with van der Waals surface area (Å²) in [6.07, 6.45) is 0. The molecule has 0 spiro atoms. The number of carbonyl (C=O) groups excluding carboxylic acids is 1. The van der Waals surface area contributed by atoms with Crippen molar-refractivity contribution in [2.75, 3.05) is 7.11 Å². The Morgan fingerprint density at radius 3 is 2.37 bits per heavy atom. The van der Waals surface area contributed by atoms with Gasteiger partial charge in [0.2, 0.25) is 0 Å². The Labute approximate surface area is 106 Å². The van der Waals surface area contributed by atoms with Gasteiger partial charge in [-0.25, -0.2) is 22.9 Å². The van der Waals surface area contributed by atoms with Crippen molar-refractivity contribution in [2.45, 2.75) is 6.92 Å². The quantitative estimate of drug-likeness (QED) is 0.853. The van der Waals surface area contributed by atoms with Crippen molar-refractivity contribution in [1.29, 1.82) is 0 Å². The van der Waals surface area contributed by atoms with Gasteiger partial charge >= 0.3 is 5.97 Å². The van der Waals surface area contributed by atoms with E-state index in [1.807, 2.05) is 0 Å². The second-order valence-electron chi connectivity index (χ2n) is 3.80. The van der Waals surface area contributed by atoms with E-state index >= 15 is 0 Å². The Bertz CT molecular complexity index is 629. The summed E-state index contributed by atoms with van der Waals surface area (Å²) >= 11 is 0. The van der Waals surface area contributed by atoms with Gasteiger partial charge in [0.25, 0.3) is 0 Å². The first-order valence-electron chi connectivity index (χ1n) is 5.24. The Kier molecular flexibility index (Phi) is 3.28. The van der Waals surface area contributed by atoms with Gasteiger partial charge in [-0.3, -0.25) is 0 Å². The lowest BCUT2D eigenvalue weighted by Gasteiger charge is -2.01. The fourth-order valence-corrected chi connectivity index (χ4v) is 1.64. The maximum absolute atomic E-state index is 13.6. The number of carbonyl (C=O) groups is 1. The first-order chi connectivity index (χ1) is 8.93. The topological polar surface area (TPSA) is 55.0 Å². The van der Waals surface area contributed by atoms with Gasteiger partial charge in [0.15, 0.2) is 5.69 Å². The number of hydrogen-bond acceptors (Lipinski definition) is 3. The molecule has 1 heterocycles. The fourth-order valence-electron chi connectivity index (χ4n) is 1.64. The SMILES string of the molecule is COC(=O)c1nc(-c2c(F)cc(F)cc2F)[nH]c1C. The molecule has 0 saturated heterocycles. The number of methoxy groups -OCH3 is 1. The minimum atomic E-state index is -1.11. The van der Waals surface area contributed by atoms with Crippen molar-refractivity contribution in [3.05, 3.63) is 41.0 Å². The predicted octanol–water partition coefficient (Wildman–Crippen LogP) is 2.59. The van der Waals surface area contributed by atoms with Crippen LogP contribution in [-0.4, -0.2) is 23.0 Å². The number of nitrogens with one attached hydrogen (secondary N) is 1. The third-order valence-corrected chi connectivity index (χ3v) is 2.51. The number of esters is 1. The summed E-state index contributed by atoms with van der Waals surface area (Å²) < 4.78 is 44.4. The third kappa shape index (κ3) is 2.31. The summed E-state index contributed by atoms with van der Waals surface area (Å²) in [5, 5.41) is 0. The van der Waals surface area contributed by atoms with Crippen LogP contribution < -0.4 is 0 Å². The van der Waals surface area contributed by atoms with E-state index in [0.29, 0.717) is 17.8 Å². The summed E-state index contributed by atoms with van der Waals surface area (Å²) in [6.45, 7) is 1.50. The van der Waals surface area contributed by atoms with Crippen molar-refractivity contribution >= 4 is 5.97 Å². The lowest BCUT2D eigenvalue weighted by Crippen LogP contribution is -2.03. The van der Waals surface area contributed by atoms with Crippen LogP contribution in [0.3, 0.4) is 0 Å². The summed E-state index contributed by atoms with van der Waals surface area (Å²) in [5.41, 5.74) is -0.315. The van der Waals surface area contributed by atoms with E-state index in [4.69, 9.17) is 0 Å². The number of halogens is 3. The Hall–Kier alpha value is -2.31. The zero-order valence-corrected chi connectivity index (χ0v) is 10.1. The van der Waals surface area contributed by atoms with E-state index in [0.717, 1.165) is 7.11 Å². The van der Waals surface area contributed by atoms with Crippen molar-refractivity contribution in [3.8, 4) is 11.4 Å². The molecule has 2 rings (SSSR count). The van der Waals surface area contributed by atoms with Crippen LogP contribution >= 0.6 is 0 Å². The van der Waals surface area contributed by atoms with E-state index < -0.39 is 29.0 Å². The first kappa shape index (κ1) is 13.1. The van der Waals surface area contributed by atoms with E-state index in [-0.39, 0.29) is 11.5 Å². The highest BCUT2D eigenvalue weighted by molar-refractivity contribution is 5.89. The number of ether oxygens (including phenoxy) is 1. The summed E-state index contributed by atoms with van der Waals surface area (Å²) in [7, 11) is 1.16. The van der Waals surface area contributed by atoms with Gasteiger partial charge in [0, 0.05) is 17.8 Å². The van der Waals surface area contributed by atoms with E-state index in [1.165, 1.54) is 6.92 Å². The Morgan fingerprint density at radius 2 is 1.84 bits per heavy atom. The molecule has 0 saturated carbocycles. The molecule has 7 heteroatoms. The minimum absolute atomic E-state index is 0.0828. The second kappa shape index (κ2) is 4.75. The lowest BCUT2D eigenvalue weighted by molar-refractivity contribution is 0.0594. The van der Waals surface area contributed by atoms with Crippen LogP contribution in [0.2, 0.25) is 0 Å². The molecule has 0 aliphatic carbocycles. The number of aromatic nitrogens is 2. The van der Waals surface area contributed by atoms with Crippen LogP contribution in [-0.2, 0) is 4.74 Å². The van der Waals surface area contributed by atoms with Crippen molar-refractivity contribution in [1.82, 2.24) is 9.97 Å². The molecule has 4 nitrogen and oxygen atoms in total. The average Bonchev–Trinajstić information content (AvgIpc) is 2.68. The molecule has 1 aromatic heterocycles. The van der Waals surface area contributed by atoms with Gasteiger partial charge < -0.3 is 9.72 Å². The predicted molar refractivity (Wildman–Crippen MR) is 60.0 cm³/mol. The minimum Gasteiger partial charge on any atom is -0.464 e. The highest BCUT2D eigenvalue weighted by Gasteiger charge is 2.21. The first-order valence-corrected chi connectivity index (χ1v) is 5.24. The van der Waals surface area contributed by atoms with Gasteiger partial charge in [0.1, 0.15) is 23.3 Å². The number of rotatable bonds is 2. The van der Waals surface area contributed by atoms with Gasteiger partial charge in [-0.15, -0.1) is 0 Å². The molecule has 1 aromatic carbocycles. The van der Waals surface area contributed by atoms with Crippen LogP contribution in [0.1, 0.15) is 16.2 Å². The van der Waals surface area contributed by atoms with Crippen LogP contribution in [0, 0.1) is 24.4 Å². The van der Waals surface area contributed by atoms with E-state index in [1.54, 1.807) is 0 Å². The Morgan fingerprint density at radius 1 is 1.26 bits per heavy atom. The highest BCUT2D eigenvalue weighted by Crippen LogP contribution is 2.25. The molecule has 0 aliphatic heterocycles. The van der Waals surface area contributed by atoms with Crippen LogP contribution in [0.4, 0.5) is 13.2 Å². The zero-order chi connectivity index (χ0) is 14.2.